The molecule has 1 amide bonds. The number of rotatable bonds is 3. The maximum atomic E-state index is 12.0. The van der Waals surface area contributed by atoms with Gasteiger partial charge in [0.25, 0.3) is 0 Å². The SMILES string of the molecule is O=C(Cc1cccs1)N[C@@H]1CC[C@H]2OCCO[C@H]2C1. The zero-order chi connectivity index (χ0) is 13.1. The molecule has 5 heteroatoms. The van der Waals surface area contributed by atoms with Gasteiger partial charge < -0.3 is 14.8 Å². The molecule has 1 N–H and O–H groups in total. The Bertz CT molecular complexity index is 420. The minimum atomic E-state index is 0.114. The van der Waals surface area contributed by atoms with Gasteiger partial charge in [0.05, 0.1) is 31.8 Å². The molecule has 1 saturated heterocycles. The molecule has 2 heterocycles. The molecule has 104 valence electrons. The van der Waals surface area contributed by atoms with Crippen molar-refractivity contribution in [3.8, 4) is 0 Å². The first-order valence-electron chi connectivity index (χ1n) is 6.86. The highest BCUT2D eigenvalue weighted by atomic mass is 32.1. The lowest BCUT2D eigenvalue weighted by Crippen LogP contribution is -2.49. The summed E-state index contributed by atoms with van der Waals surface area (Å²) in [5.41, 5.74) is 0. The third-order valence-electron chi connectivity index (χ3n) is 3.76. The van der Waals surface area contributed by atoms with E-state index in [4.69, 9.17) is 9.47 Å². The zero-order valence-corrected chi connectivity index (χ0v) is 11.7. The second-order valence-electron chi connectivity index (χ2n) is 5.15. The Balaban J connectivity index is 1.49. The van der Waals surface area contributed by atoms with Crippen LogP contribution in [0, 0.1) is 0 Å². The van der Waals surface area contributed by atoms with Crippen molar-refractivity contribution < 1.29 is 14.3 Å². The van der Waals surface area contributed by atoms with Crippen molar-refractivity contribution in [2.45, 2.75) is 43.9 Å². The van der Waals surface area contributed by atoms with Gasteiger partial charge in [-0.05, 0) is 30.7 Å². The van der Waals surface area contributed by atoms with Gasteiger partial charge >= 0.3 is 0 Å². The van der Waals surface area contributed by atoms with Gasteiger partial charge in [-0.3, -0.25) is 4.79 Å². The van der Waals surface area contributed by atoms with Crippen LogP contribution in [0.3, 0.4) is 0 Å². The summed E-state index contributed by atoms with van der Waals surface area (Å²) >= 11 is 1.63. The molecule has 2 aliphatic rings. The highest BCUT2D eigenvalue weighted by Gasteiger charge is 2.34. The number of amides is 1. The molecule has 2 fully saturated rings. The van der Waals surface area contributed by atoms with E-state index in [9.17, 15) is 4.79 Å². The number of thiophene rings is 1. The molecular formula is C14H19NO3S. The smallest absolute Gasteiger partial charge is 0.225 e. The molecule has 4 nitrogen and oxygen atoms in total. The number of carbonyl (C=O) groups is 1. The second kappa shape index (κ2) is 6.03. The van der Waals surface area contributed by atoms with Gasteiger partial charge in [0.15, 0.2) is 0 Å². The van der Waals surface area contributed by atoms with E-state index in [-0.39, 0.29) is 24.2 Å². The van der Waals surface area contributed by atoms with E-state index in [1.807, 2.05) is 17.5 Å². The number of ether oxygens (including phenoxy) is 2. The predicted octanol–water partition coefficient (Wildman–Crippen LogP) is 1.74. The van der Waals surface area contributed by atoms with Gasteiger partial charge in [-0.25, -0.2) is 0 Å². The molecule has 1 aliphatic heterocycles. The van der Waals surface area contributed by atoms with Gasteiger partial charge in [-0.2, -0.15) is 0 Å². The third-order valence-corrected chi connectivity index (χ3v) is 4.63. The van der Waals surface area contributed by atoms with E-state index in [1.165, 1.54) is 0 Å². The average molecular weight is 281 g/mol. The molecule has 0 aromatic carbocycles. The first-order chi connectivity index (χ1) is 9.31. The minimum absolute atomic E-state index is 0.114. The summed E-state index contributed by atoms with van der Waals surface area (Å²) in [4.78, 5) is 13.1. The molecule has 3 atom stereocenters. The second-order valence-corrected chi connectivity index (χ2v) is 6.18. The van der Waals surface area contributed by atoms with Crippen LogP contribution < -0.4 is 5.32 Å². The van der Waals surface area contributed by atoms with Crippen molar-refractivity contribution in [1.29, 1.82) is 0 Å². The molecular weight excluding hydrogens is 262 g/mol. The monoisotopic (exact) mass is 281 g/mol. The van der Waals surface area contributed by atoms with Gasteiger partial charge in [0.1, 0.15) is 0 Å². The normalized spacial score (nSPS) is 30.6. The summed E-state index contributed by atoms with van der Waals surface area (Å²) in [5.74, 6) is 0.114. The molecule has 1 aliphatic carbocycles. The standard InChI is InChI=1S/C14H19NO3S/c16-14(9-11-2-1-7-19-11)15-10-3-4-12-13(8-10)18-6-5-17-12/h1-2,7,10,12-13H,3-6,8-9H2,(H,15,16)/t10-,12-,13+/m1/s1. The van der Waals surface area contributed by atoms with E-state index < -0.39 is 0 Å². The number of carbonyl (C=O) groups excluding carboxylic acids is 1. The van der Waals surface area contributed by atoms with E-state index in [2.05, 4.69) is 5.32 Å². The molecule has 0 bridgehead atoms. The number of hydrogen-bond acceptors (Lipinski definition) is 4. The van der Waals surface area contributed by atoms with Crippen LogP contribution in [-0.4, -0.2) is 37.4 Å². The van der Waals surface area contributed by atoms with Crippen LogP contribution in [0.5, 0.6) is 0 Å². The number of hydrogen-bond donors (Lipinski definition) is 1. The molecule has 0 spiro atoms. The van der Waals surface area contributed by atoms with Crippen molar-refractivity contribution in [3.05, 3.63) is 22.4 Å². The van der Waals surface area contributed by atoms with Crippen molar-refractivity contribution in [3.63, 3.8) is 0 Å². The Morgan fingerprint density at radius 3 is 2.95 bits per heavy atom. The first kappa shape index (κ1) is 13.1. The van der Waals surface area contributed by atoms with Crippen molar-refractivity contribution >= 4 is 17.2 Å². The Kier molecular flexibility index (Phi) is 4.15. The summed E-state index contributed by atoms with van der Waals surface area (Å²) in [6.07, 6.45) is 3.73. The quantitative estimate of drug-likeness (QED) is 0.918. The van der Waals surface area contributed by atoms with E-state index in [1.54, 1.807) is 11.3 Å². The van der Waals surface area contributed by atoms with Crippen LogP contribution in [-0.2, 0) is 20.7 Å². The molecule has 1 aromatic rings. The molecule has 0 radical (unpaired) electrons. The molecule has 1 aromatic heterocycles. The maximum absolute atomic E-state index is 12.0. The lowest BCUT2D eigenvalue weighted by molar-refractivity contribution is -0.158. The van der Waals surface area contributed by atoms with Crippen molar-refractivity contribution in [2.75, 3.05) is 13.2 Å². The fourth-order valence-electron chi connectivity index (χ4n) is 2.85. The lowest BCUT2D eigenvalue weighted by Gasteiger charge is -2.39. The van der Waals surface area contributed by atoms with E-state index in [0.29, 0.717) is 19.6 Å². The third kappa shape index (κ3) is 3.35. The molecule has 19 heavy (non-hydrogen) atoms. The topological polar surface area (TPSA) is 47.6 Å². The van der Waals surface area contributed by atoms with Gasteiger partial charge in [-0.15, -0.1) is 11.3 Å². The average Bonchev–Trinajstić information content (AvgIpc) is 2.91. The fourth-order valence-corrected chi connectivity index (χ4v) is 3.55. The lowest BCUT2D eigenvalue weighted by atomic mass is 9.89. The highest BCUT2D eigenvalue weighted by Crippen LogP contribution is 2.26. The van der Waals surface area contributed by atoms with Crippen LogP contribution in [0.2, 0.25) is 0 Å². The molecule has 3 rings (SSSR count). The summed E-state index contributed by atoms with van der Waals surface area (Å²) in [5, 5.41) is 5.12. The van der Waals surface area contributed by atoms with Crippen molar-refractivity contribution in [1.82, 2.24) is 5.32 Å². The largest absolute Gasteiger partial charge is 0.373 e. The Morgan fingerprint density at radius 2 is 2.16 bits per heavy atom. The predicted molar refractivity (Wildman–Crippen MR) is 73.3 cm³/mol. The Morgan fingerprint density at radius 1 is 1.32 bits per heavy atom. The summed E-state index contributed by atoms with van der Waals surface area (Å²) in [6, 6.07) is 4.21. The summed E-state index contributed by atoms with van der Waals surface area (Å²) in [7, 11) is 0. The molecule has 0 unspecified atom stereocenters. The van der Waals surface area contributed by atoms with E-state index >= 15 is 0 Å². The van der Waals surface area contributed by atoms with Crippen LogP contribution >= 0.6 is 11.3 Å². The Labute approximate surface area is 117 Å². The maximum Gasteiger partial charge on any atom is 0.225 e. The van der Waals surface area contributed by atoms with Gasteiger partial charge in [0, 0.05) is 10.9 Å². The van der Waals surface area contributed by atoms with Gasteiger partial charge in [0.2, 0.25) is 5.91 Å². The Hall–Kier alpha value is -0.910. The summed E-state index contributed by atoms with van der Waals surface area (Å²) in [6.45, 7) is 1.38. The van der Waals surface area contributed by atoms with Gasteiger partial charge in [-0.1, -0.05) is 6.07 Å². The number of nitrogens with one attached hydrogen (secondary N) is 1. The first-order valence-corrected chi connectivity index (χ1v) is 7.74. The van der Waals surface area contributed by atoms with Crippen molar-refractivity contribution in [2.24, 2.45) is 0 Å². The van der Waals surface area contributed by atoms with Crippen LogP contribution in [0.15, 0.2) is 17.5 Å². The fraction of sp³-hybridized carbons (Fsp3) is 0.643. The van der Waals surface area contributed by atoms with Crippen LogP contribution in [0.25, 0.3) is 0 Å². The van der Waals surface area contributed by atoms with Crippen LogP contribution in [0.4, 0.5) is 0 Å². The van der Waals surface area contributed by atoms with Crippen LogP contribution in [0.1, 0.15) is 24.1 Å². The minimum Gasteiger partial charge on any atom is -0.373 e. The zero-order valence-electron chi connectivity index (χ0n) is 10.8. The highest BCUT2D eigenvalue weighted by molar-refractivity contribution is 7.10. The summed E-state index contributed by atoms with van der Waals surface area (Å²) < 4.78 is 11.4. The van der Waals surface area contributed by atoms with E-state index in [0.717, 1.165) is 24.1 Å². The number of fused-ring (bicyclic) bond motifs is 1. The molecule has 1 saturated carbocycles.